The number of alkyl halides is 7. The number of halogens is 7. The highest BCUT2D eigenvalue weighted by atomic mass is 19.4. The summed E-state index contributed by atoms with van der Waals surface area (Å²) in [5.41, 5.74) is -4.32. The average molecular weight is 499 g/mol. The molecule has 8 nitrogen and oxygen atoms in total. The van der Waals surface area contributed by atoms with Gasteiger partial charge in [0.25, 0.3) is 11.8 Å². The van der Waals surface area contributed by atoms with E-state index in [1.807, 2.05) is 0 Å². The van der Waals surface area contributed by atoms with Gasteiger partial charge in [0, 0.05) is 10.9 Å². The fraction of sp³-hybridized carbons (Fsp3) is 0.200. The number of ether oxygens (including phenoxy) is 1. The molecular weight excluding hydrogens is 495 g/mol. The number of cyclic esters (lactones) is 2. The maximum Gasteiger partial charge on any atom is 0.459 e. The zero-order chi connectivity index (χ0) is 26.2. The molecule has 2 aliphatic heterocycles. The van der Waals surface area contributed by atoms with Crippen molar-refractivity contribution in [3.8, 4) is 6.07 Å². The van der Waals surface area contributed by atoms with Crippen LogP contribution in [0, 0.1) is 17.9 Å². The topological polar surface area (TPSA) is 109 Å². The van der Waals surface area contributed by atoms with E-state index in [1.54, 1.807) is 0 Å². The molecule has 2 aliphatic rings. The molecule has 2 aromatic carbocycles. The van der Waals surface area contributed by atoms with E-state index < -0.39 is 97.5 Å². The van der Waals surface area contributed by atoms with Gasteiger partial charge in [-0.1, -0.05) is 0 Å². The van der Waals surface area contributed by atoms with Crippen LogP contribution in [0.15, 0.2) is 12.1 Å². The summed E-state index contributed by atoms with van der Waals surface area (Å²) in [4.78, 5) is 52.6. The molecule has 2 aromatic rings. The molecule has 0 saturated heterocycles. The number of imide groups is 1. The number of hydrogen-bond donors (Lipinski definition) is 0. The van der Waals surface area contributed by atoms with E-state index in [4.69, 9.17) is 6.57 Å². The molecular formula is C20H4F7N3O5. The van der Waals surface area contributed by atoms with Crippen LogP contribution >= 0.6 is 0 Å². The van der Waals surface area contributed by atoms with Crippen molar-refractivity contribution in [2.45, 2.75) is 18.0 Å². The summed E-state index contributed by atoms with van der Waals surface area (Å²) < 4.78 is 97.2. The van der Waals surface area contributed by atoms with Crippen molar-refractivity contribution < 1.29 is 54.6 Å². The van der Waals surface area contributed by atoms with Crippen LogP contribution < -0.4 is 0 Å². The van der Waals surface area contributed by atoms with Crippen LogP contribution in [-0.2, 0) is 4.74 Å². The highest BCUT2D eigenvalue weighted by molar-refractivity contribution is 6.33. The molecule has 0 fully saturated rings. The molecule has 2 amide bonds. The summed E-state index contributed by atoms with van der Waals surface area (Å²) in [5, 5.41) is 8.27. The summed E-state index contributed by atoms with van der Waals surface area (Å²) in [6.07, 6.45) is -6.74. The number of amides is 2. The molecule has 0 atom stereocenters. The molecule has 0 N–H and O–H groups in total. The van der Waals surface area contributed by atoms with Crippen molar-refractivity contribution >= 4 is 40.2 Å². The lowest BCUT2D eigenvalue weighted by Gasteiger charge is -2.35. The predicted molar refractivity (Wildman–Crippen MR) is 96.0 cm³/mol. The minimum absolute atomic E-state index is 0.503. The van der Waals surface area contributed by atoms with E-state index in [0.717, 1.165) is 0 Å². The van der Waals surface area contributed by atoms with Gasteiger partial charge in [-0.3, -0.25) is 14.5 Å². The van der Waals surface area contributed by atoms with Gasteiger partial charge < -0.3 is 4.74 Å². The van der Waals surface area contributed by atoms with Gasteiger partial charge in [0.05, 0.1) is 35.4 Å². The first-order valence-corrected chi connectivity index (χ1v) is 8.99. The molecule has 0 radical (unpaired) electrons. The lowest BCUT2D eigenvalue weighted by molar-refractivity contribution is -0.354. The van der Waals surface area contributed by atoms with Gasteiger partial charge in [-0.05, 0) is 17.5 Å². The Morgan fingerprint density at radius 3 is 2.06 bits per heavy atom. The first-order chi connectivity index (χ1) is 16.1. The first-order valence-electron chi connectivity index (χ1n) is 8.99. The quantitative estimate of drug-likeness (QED) is 0.208. The fourth-order valence-corrected chi connectivity index (χ4v) is 3.77. The van der Waals surface area contributed by atoms with Gasteiger partial charge in [-0.25, -0.2) is 14.4 Å². The highest BCUT2D eigenvalue weighted by Gasteiger charge is 2.73. The number of nitrogens with zero attached hydrogens (tertiary/aromatic N) is 3. The Bertz CT molecular complexity index is 1500. The zero-order valence-corrected chi connectivity index (χ0v) is 16.4. The van der Waals surface area contributed by atoms with E-state index in [2.05, 4.69) is 9.58 Å². The van der Waals surface area contributed by atoms with E-state index in [0.29, 0.717) is 12.1 Å². The van der Waals surface area contributed by atoms with Crippen molar-refractivity contribution in [3.63, 3.8) is 0 Å². The van der Waals surface area contributed by atoms with Crippen molar-refractivity contribution in [3.05, 3.63) is 51.4 Å². The maximum atomic E-state index is 14.1. The van der Waals surface area contributed by atoms with Gasteiger partial charge in [-0.15, -0.1) is 0 Å². The Labute approximate surface area is 187 Å². The van der Waals surface area contributed by atoms with Crippen LogP contribution in [0.2, 0.25) is 0 Å². The van der Waals surface area contributed by atoms with Crippen molar-refractivity contribution in [2.75, 3.05) is 6.54 Å². The molecule has 0 aliphatic carbocycles. The zero-order valence-electron chi connectivity index (χ0n) is 16.4. The number of nitriles is 1. The number of carbonyl (C=O) groups excluding carboxylic acids is 4. The second-order valence-corrected chi connectivity index (χ2v) is 7.29. The lowest BCUT2D eigenvalue weighted by atomic mass is 9.84. The average Bonchev–Trinajstić information content (AvgIpc) is 2.76. The van der Waals surface area contributed by atoms with Gasteiger partial charge >= 0.3 is 30.0 Å². The van der Waals surface area contributed by atoms with Crippen LogP contribution in [0.4, 0.5) is 36.4 Å². The lowest BCUT2D eigenvalue weighted by Crippen LogP contribution is -2.59. The Morgan fingerprint density at radius 2 is 1.51 bits per heavy atom. The minimum atomic E-state index is -6.74. The third-order valence-corrected chi connectivity index (χ3v) is 5.34. The summed E-state index contributed by atoms with van der Waals surface area (Å²) in [5.74, 6) is -19.0. The molecule has 0 spiro atoms. The number of carbonyl (C=O) groups is 4. The van der Waals surface area contributed by atoms with E-state index >= 15 is 0 Å². The summed E-state index contributed by atoms with van der Waals surface area (Å²) in [6.45, 7) is 4.50. The fourth-order valence-electron chi connectivity index (χ4n) is 3.77. The predicted octanol–water partition coefficient (Wildman–Crippen LogP) is 4.00. The molecule has 2 heterocycles. The van der Waals surface area contributed by atoms with Gasteiger partial charge in [0.15, 0.2) is 0 Å². The maximum absolute atomic E-state index is 14.1. The molecule has 178 valence electrons. The molecule has 0 bridgehead atoms. The minimum Gasteiger partial charge on any atom is -0.386 e. The standard InChI is InChI=1S/C20H4F7N3O5/c1-29-9-3-8-12-10(17(34)35-16(8)33)6(4-28)2-7-11(12)13(9)15(32)30(14(7)31)5-18(21,22)19(23,24)20(25,26)27/h2-3H,5H2. The summed E-state index contributed by atoms with van der Waals surface area (Å²) in [7, 11) is 0. The number of rotatable bonds is 3. The molecule has 15 heteroatoms. The third-order valence-electron chi connectivity index (χ3n) is 5.34. The van der Waals surface area contributed by atoms with Crippen LogP contribution in [-0.4, -0.2) is 53.2 Å². The van der Waals surface area contributed by atoms with Crippen molar-refractivity contribution in [1.29, 1.82) is 5.26 Å². The Morgan fingerprint density at radius 1 is 0.914 bits per heavy atom. The largest absolute Gasteiger partial charge is 0.459 e. The number of hydrogen-bond acceptors (Lipinski definition) is 6. The molecule has 4 rings (SSSR count). The van der Waals surface area contributed by atoms with Crippen LogP contribution in [0.1, 0.15) is 47.0 Å². The Kier molecular flexibility index (Phi) is 4.72. The normalized spacial score (nSPS) is 15.7. The van der Waals surface area contributed by atoms with Crippen LogP contribution in [0.5, 0.6) is 0 Å². The molecule has 0 aromatic heterocycles. The van der Waals surface area contributed by atoms with Crippen molar-refractivity contribution in [1.82, 2.24) is 4.90 Å². The second-order valence-electron chi connectivity index (χ2n) is 7.29. The first kappa shape index (κ1) is 23.6. The number of benzene rings is 2. The second kappa shape index (κ2) is 6.99. The molecule has 0 unspecified atom stereocenters. The molecule has 35 heavy (non-hydrogen) atoms. The Balaban J connectivity index is 2.03. The van der Waals surface area contributed by atoms with Gasteiger partial charge in [0.2, 0.25) is 5.69 Å². The summed E-state index contributed by atoms with van der Waals surface area (Å²) >= 11 is 0. The van der Waals surface area contributed by atoms with Gasteiger partial charge in [0.1, 0.15) is 6.07 Å². The molecule has 0 saturated carbocycles. The van der Waals surface area contributed by atoms with Crippen LogP contribution in [0.25, 0.3) is 15.6 Å². The number of esters is 2. The van der Waals surface area contributed by atoms with Gasteiger partial charge in [-0.2, -0.15) is 36.0 Å². The van der Waals surface area contributed by atoms with E-state index in [1.165, 1.54) is 6.07 Å². The van der Waals surface area contributed by atoms with E-state index in [-0.39, 0.29) is 0 Å². The summed E-state index contributed by atoms with van der Waals surface area (Å²) in [6, 6.07) is 2.76. The van der Waals surface area contributed by atoms with Crippen molar-refractivity contribution in [2.24, 2.45) is 0 Å². The SMILES string of the molecule is [C-]#[N+]c1cc2c3c(c(C#N)cc4c3c1C(=O)N(CC(F)(F)C(F)(F)C(F)(F)F)C4=O)C(=O)OC2=O. The highest BCUT2D eigenvalue weighted by Crippen LogP contribution is 2.48. The smallest absolute Gasteiger partial charge is 0.386 e. The monoisotopic (exact) mass is 499 g/mol. The Hall–Kier alpha value is -4.53. The van der Waals surface area contributed by atoms with E-state index in [9.17, 15) is 55.2 Å². The third kappa shape index (κ3) is 2.97. The van der Waals surface area contributed by atoms with Crippen LogP contribution in [0.3, 0.4) is 0 Å².